The molecule has 2 N–H and O–H groups in total. The van der Waals surface area contributed by atoms with Crippen molar-refractivity contribution in [2.24, 2.45) is 5.92 Å². The number of nitrogens with zero attached hydrogens (tertiary/aromatic N) is 1. The minimum atomic E-state index is -0.721. The zero-order chi connectivity index (χ0) is 15.3. The van der Waals surface area contributed by atoms with E-state index in [0.29, 0.717) is 19.5 Å². The van der Waals surface area contributed by atoms with E-state index in [4.69, 9.17) is 0 Å². The molecule has 0 aromatic rings. The summed E-state index contributed by atoms with van der Waals surface area (Å²) in [5, 5.41) is 13.3. The first-order chi connectivity index (χ1) is 10.0. The lowest BCUT2D eigenvalue weighted by Crippen LogP contribution is -2.49. The molecule has 0 spiro atoms. The Bertz CT molecular complexity index is 378. The van der Waals surface area contributed by atoms with Crippen LogP contribution >= 0.6 is 0 Å². The summed E-state index contributed by atoms with van der Waals surface area (Å²) in [6, 6.07) is 0. The van der Waals surface area contributed by atoms with Crippen LogP contribution in [-0.2, 0) is 9.59 Å². The second-order valence-electron chi connectivity index (χ2n) is 6.54. The fourth-order valence-corrected chi connectivity index (χ4v) is 3.42. The SMILES string of the molecule is CCC(=O)N1CCCC(C(=O)NCC2(O)CCCCC2)C1. The molecule has 21 heavy (non-hydrogen) atoms. The lowest BCUT2D eigenvalue weighted by Gasteiger charge is -2.34. The Labute approximate surface area is 127 Å². The van der Waals surface area contributed by atoms with Gasteiger partial charge in [-0.3, -0.25) is 9.59 Å². The van der Waals surface area contributed by atoms with Crippen LogP contribution in [0.3, 0.4) is 0 Å². The molecular formula is C16H28N2O3. The first kappa shape index (κ1) is 16.3. The van der Waals surface area contributed by atoms with Crippen LogP contribution in [0.2, 0.25) is 0 Å². The molecule has 2 aliphatic rings. The van der Waals surface area contributed by atoms with Gasteiger partial charge in [-0.15, -0.1) is 0 Å². The number of piperidine rings is 1. The van der Waals surface area contributed by atoms with Gasteiger partial charge in [0.2, 0.25) is 11.8 Å². The van der Waals surface area contributed by atoms with E-state index >= 15 is 0 Å². The van der Waals surface area contributed by atoms with Crippen LogP contribution in [-0.4, -0.2) is 47.1 Å². The minimum Gasteiger partial charge on any atom is -0.388 e. The molecule has 0 aromatic heterocycles. The maximum Gasteiger partial charge on any atom is 0.225 e. The van der Waals surface area contributed by atoms with Gasteiger partial charge in [0, 0.05) is 26.1 Å². The lowest BCUT2D eigenvalue weighted by atomic mass is 9.84. The third kappa shape index (κ3) is 4.43. The Kier molecular flexibility index (Phi) is 5.62. The molecule has 2 fully saturated rings. The number of carbonyl (C=O) groups is 2. The zero-order valence-corrected chi connectivity index (χ0v) is 13.1. The molecule has 1 aliphatic carbocycles. The van der Waals surface area contributed by atoms with E-state index in [9.17, 15) is 14.7 Å². The third-order valence-electron chi connectivity index (χ3n) is 4.82. The zero-order valence-electron chi connectivity index (χ0n) is 13.1. The molecule has 1 saturated heterocycles. The summed E-state index contributed by atoms with van der Waals surface area (Å²) in [6.45, 7) is 3.49. The number of rotatable bonds is 4. The second kappa shape index (κ2) is 7.25. The fraction of sp³-hybridized carbons (Fsp3) is 0.875. The highest BCUT2D eigenvalue weighted by Gasteiger charge is 2.32. The maximum absolute atomic E-state index is 12.3. The normalized spacial score (nSPS) is 25.4. The minimum absolute atomic E-state index is 0.0115. The molecule has 1 atom stereocenters. The van der Waals surface area contributed by atoms with Crippen molar-refractivity contribution < 1.29 is 14.7 Å². The second-order valence-corrected chi connectivity index (χ2v) is 6.54. The Hall–Kier alpha value is -1.10. The maximum atomic E-state index is 12.3. The number of likely N-dealkylation sites (tertiary alicyclic amines) is 1. The van der Waals surface area contributed by atoms with Crippen molar-refractivity contribution in [3.05, 3.63) is 0 Å². The van der Waals surface area contributed by atoms with Gasteiger partial charge in [-0.1, -0.05) is 26.2 Å². The van der Waals surface area contributed by atoms with Crippen LogP contribution in [0, 0.1) is 5.92 Å². The molecule has 1 unspecified atom stereocenters. The summed E-state index contributed by atoms with van der Waals surface area (Å²) in [5.74, 6) is -0.0116. The van der Waals surface area contributed by atoms with Crippen molar-refractivity contribution in [1.82, 2.24) is 10.2 Å². The predicted octanol–water partition coefficient (Wildman–Crippen LogP) is 1.45. The van der Waals surface area contributed by atoms with E-state index < -0.39 is 5.60 Å². The molecule has 5 nitrogen and oxygen atoms in total. The largest absolute Gasteiger partial charge is 0.388 e. The van der Waals surface area contributed by atoms with Gasteiger partial charge in [0.1, 0.15) is 0 Å². The molecule has 2 amide bonds. The lowest BCUT2D eigenvalue weighted by molar-refractivity contribution is -0.136. The summed E-state index contributed by atoms with van der Waals surface area (Å²) in [4.78, 5) is 25.8. The number of nitrogens with one attached hydrogen (secondary N) is 1. The van der Waals surface area contributed by atoms with Crippen LogP contribution in [0.5, 0.6) is 0 Å². The summed E-state index contributed by atoms with van der Waals surface area (Å²) in [6.07, 6.45) is 7.01. The van der Waals surface area contributed by atoms with E-state index in [-0.39, 0.29) is 17.7 Å². The van der Waals surface area contributed by atoms with Crippen LogP contribution in [0.25, 0.3) is 0 Å². The molecule has 2 rings (SSSR count). The average Bonchev–Trinajstić information content (AvgIpc) is 2.52. The van der Waals surface area contributed by atoms with Gasteiger partial charge >= 0.3 is 0 Å². The van der Waals surface area contributed by atoms with E-state index in [1.165, 1.54) is 6.42 Å². The van der Waals surface area contributed by atoms with E-state index in [1.54, 1.807) is 4.90 Å². The first-order valence-electron chi connectivity index (χ1n) is 8.32. The molecular weight excluding hydrogens is 268 g/mol. The predicted molar refractivity (Wildman–Crippen MR) is 80.6 cm³/mol. The summed E-state index contributed by atoms with van der Waals surface area (Å²) in [5.41, 5.74) is -0.721. The van der Waals surface area contributed by atoms with Gasteiger partial charge in [-0.25, -0.2) is 0 Å². The van der Waals surface area contributed by atoms with Crippen LogP contribution in [0.15, 0.2) is 0 Å². The van der Waals surface area contributed by atoms with Crippen molar-refractivity contribution in [1.29, 1.82) is 0 Å². The monoisotopic (exact) mass is 296 g/mol. The highest BCUT2D eigenvalue weighted by Crippen LogP contribution is 2.27. The van der Waals surface area contributed by atoms with E-state index in [2.05, 4.69) is 5.32 Å². The molecule has 1 heterocycles. The fourth-order valence-electron chi connectivity index (χ4n) is 3.42. The van der Waals surface area contributed by atoms with Crippen LogP contribution in [0.1, 0.15) is 58.3 Å². The molecule has 120 valence electrons. The Morgan fingerprint density at radius 3 is 2.62 bits per heavy atom. The first-order valence-corrected chi connectivity index (χ1v) is 8.32. The van der Waals surface area contributed by atoms with Gasteiger partial charge in [-0.2, -0.15) is 0 Å². The van der Waals surface area contributed by atoms with E-state index in [0.717, 1.165) is 45.1 Å². The summed E-state index contributed by atoms with van der Waals surface area (Å²) < 4.78 is 0. The Morgan fingerprint density at radius 2 is 1.95 bits per heavy atom. The van der Waals surface area contributed by atoms with E-state index in [1.807, 2.05) is 6.92 Å². The number of amides is 2. The van der Waals surface area contributed by atoms with Crippen molar-refractivity contribution in [3.8, 4) is 0 Å². The van der Waals surface area contributed by atoms with Crippen molar-refractivity contribution >= 4 is 11.8 Å². The topological polar surface area (TPSA) is 69.6 Å². The van der Waals surface area contributed by atoms with Gasteiger partial charge in [0.25, 0.3) is 0 Å². The smallest absolute Gasteiger partial charge is 0.225 e. The third-order valence-corrected chi connectivity index (χ3v) is 4.82. The molecule has 5 heteroatoms. The number of hydrogen-bond acceptors (Lipinski definition) is 3. The highest BCUT2D eigenvalue weighted by molar-refractivity contribution is 5.81. The standard InChI is InChI=1S/C16H28N2O3/c1-2-14(19)18-10-6-7-13(11-18)15(20)17-12-16(21)8-4-3-5-9-16/h13,21H,2-12H2,1H3,(H,17,20). The van der Waals surface area contributed by atoms with Gasteiger partial charge in [0.05, 0.1) is 11.5 Å². The summed E-state index contributed by atoms with van der Waals surface area (Å²) in [7, 11) is 0. The number of aliphatic hydroxyl groups is 1. The number of carbonyl (C=O) groups excluding carboxylic acids is 2. The van der Waals surface area contributed by atoms with Crippen molar-refractivity contribution in [2.45, 2.75) is 63.9 Å². The van der Waals surface area contributed by atoms with Crippen LogP contribution in [0.4, 0.5) is 0 Å². The Balaban J connectivity index is 1.81. The number of hydrogen-bond donors (Lipinski definition) is 2. The summed E-state index contributed by atoms with van der Waals surface area (Å²) >= 11 is 0. The average molecular weight is 296 g/mol. The molecule has 0 aromatic carbocycles. The van der Waals surface area contributed by atoms with Crippen LogP contribution < -0.4 is 5.32 Å². The molecule has 0 radical (unpaired) electrons. The van der Waals surface area contributed by atoms with Crippen molar-refractivity contribution in [3.63, 3.8) is 0 Å². The molecule has 1 aliphatic heterocycles. The quantitative estimate of drug-likeness (QED) is 0.825. The molecule has 0 bridgehead atoms. The van der Waals surface area contributed by atoms with Crippen molar-refractivity contribution in [2.75, 3.05) is 19.6 Å². The van der Waals surface area contributed by atoms with Gasteiger partial charge < -0.3 is 15.3 Å². The van der Waals surface area contributed by atoms with Gasteiger partial charge in [0.15, 0.2) is 0 Å². The highest BCUT2D eigenvalue weighted by atomic mass is 16.3. The molecule has 1 saturated carbocycles. The van der Waals surface area contributed by atoms with Gasteiger partial charge in [-0.05, 0) is 25.7 Å². The Morgan fingerprint density at radius 1 is 1.24 bits per heavy atom.